The van der Waals surface area contributed by atoms with Crippen LogP contribution in [-0.4, -0.2) is 64.3 Å². The van der Waals surface area contributed by atoms with E-state index in [1.54, 1.807) is 22.8 Å². The molecule has 5 heterocycles. The van der Waals surface area contributed by atoms with Crippen LogP contribution in [0.2, 0.25) is 0 Å². The summed E-state index contributed by atoms with van der Waals surface area (Å²) in [4.78, 5) is 54.8. The molecule has 3 saturated heterocycles. The van der Waals surface area contributed by atoms with Gasteiger partial charge >= 0.3 is 6.03 Å². The summed E-state index contributed by atoms with van der Waals surface area (Å²) in [7, 11) is 0. The van der Waals surface area contributed by atoms with Gasteiger partial charge in [0.05, 0.1) is 35.4 Å². The van der Waals surface area contributed by atoms with Crippen LogP contribution >= 0.6 is 11.8 Å². The minimum absolute atomic E-state index is 0.0394. The first-order chi connectivity index (χ1) is 17.7. The van der Waals surface area contributed by atoms with E-state index in [1.807, 2.05) is 6.92 Å². The van der Waals surface area contributed by atoms with E-state index in [0.29, 0.717) is 10.9 Å². The minimum atomic E-state index is -1.73. The first kappa shape index (κ1) is 23.0. The molecule has 5 atom stereocenters. The second-order valence-electron chi connectivity index (χ2n) is 10.5. The van der Waals surface area contributed by atoms with Gasteiger partial charge in [0.1, 0.15) is 0 Å². The fourth-order valence-corrected chi connectivity index (χ4v) is 8.31. The van der Waals surface area contributed by atoms with Crippen molar-refractivity contribution >= 4 is 57.3 Å². The van der Waals surface area contributed by atoms with Crippen molar-refractivity contribution in [2.75, 3.05) is 16.3 Å². The number of aromatic nitrogens is 1. The van der Waals surface area contributed by atoms with E-state index in [1.165, 1.54) is 11.8 Å². The van der Waals surface area contributed by atoms with Crippen LogP contribution in [0.3, 0.4) is 0 Å². The van der Waals surface area contributed by atoms with Crippen molar-refractivity contribution in [3.05, 3.63) is 17.4 Å². The summed E-state index contributed by atoms with van der Waals surface area (Å²) in [5, 5.41) is 8.91. The number of carbonyl (C=O) groups is 4. The van der Waals surface area contributed by atoms with Crippen LogP contribution in [0.25, 0.3) is 11.0 Å². The minimum Gasteiger partial charge on any atom is -0.372 e. The number of halogens is 1. The SMILES string of the molecule is C[C@@H]1CN2c3c(cc4c(N5C(=O)S[C@@H]6CCC[C@@H]65)noc4c3F)CC3(C(=O)NC(=O)NC3=O)[C@H]2[C@H](C)O1. The lowest BCUT2D eigenvalue weighted by Crippen LogP contribution is -2.75. The number of anilines is 2. The van der Waals surface area contributed by atoms with Gasteiger partial charge in [-0.2, -0.15) is 0 Å². The van der Waals surface area contributed by atoms with Crippen LogP contribution in [-0.2, 0) is 20.7 Å². The van der Waals surface area contributed by atoms with E-state index in [-0.39, 0.29) is 52.7 Å². The smallest absolute Gasteiger partial charge is 0.328 e. The number of rotatable bonds is 1. The van der Waals surface area contributed by atoms with Crippen LogP contribution < -0.4 is 20.4 Å². The maximum atomic E-state index is 16.3. The largest absolute Gasteiger partial charge is 0.372 e. The Hall–Kier alpha value is -3.19. The highest BCUT2D eigenvalue weighted by Crippen LogP contribution is 2.51. The van der Waals surface area contributed by atoms with Gasteiger partial charge in [0.2, 0.25) is 17.4 Å². The number of urea groups is 1. The Kier molecular flexibility index (Phi) is 4.76. The lowest BCUT2D eigenvalue weighted by Gasteiger charge is -2.55. The van der Waals surface area contributed by atoms with Crippen LogP contribution in [0.15, 0.2) is 10.6 Å². The zero-order valence-corrected chi connectivity index (χ0v) is 20.9. The number of hydrogen-bond donors (Lipinski definition) is 2. The van der Waals surface area contributed by atoms with Gasteiger partial charge < -0.3 is 14.2 Å². The highest BCUT2D eigenvalue weighted by molar-refractivity contribution is 8.14. The lowest BCUT2D eigenvalue weighted by atomic mass is 9.66. The fourth-order valence-electron chi connectivity index (χ4n) is 7.01. The van der Waals surface area contributed by atoms with Gasteiger partial charge in [-0.25, -0.2) is 9.18 Å². The monoisotopic (exact) mass is 529 g/mol. The Morgan fingerprint density at radius 2 is 1.92 bits per heavy atom. The van der Waals surface area contributed by atoms with Crippen molar-refractivity contribution in [3.8, 4) is 0 Å². The molecule has 2 N–H and O–H groups in total. The molecule has 194 valence electrons. The van der Waals surface area contributed by atoms with Gasteiger partial charge in [-0.3, -0.25) is 29.9 Å². The highest BCUT2D eigenvalue weighted by Gasteiger charge is 2.63. The fraction of sp³-hybridized carbons (Fsp3) is 0.542. The molecule has 1 aromatic heterocycles. The van der Waals surface area contributed by atoms with E-state index in [0.717, 1.165) is 19.3 Å². The Balaban J connectivity index is 1.43. The standard InChI is InChI=1S/C24H24FN5O6S/c1-9-8-29-16-11(7-24(18(29)10(2)35-9)20(31)26-22(33)27-21(24)32)6-12-17(15(16)25)36-28-19(12)30-13-4-3-5-14(13)37-23(30)34/h6,9-10,13-14,18H,3-5,7-8H2,1-2H3,(H2,26,27,31,32,33)/t9-,10+,13+,14-,18-/m1/s1. The summed E-state index contributed by atoms with van der Waals surface area (Å²) in [6, 6.07) is -0.133. The second-order valence-corrected chi connectivity index (χ2v) is 11.7. The molecule has 0 radical (unpaired) electrons. The third kappa shape index (κ3) is 2.95. The zero-order chi connectivity index (χ0) is 25.8. The maximum absolute atomic E-state index is 16.3. The van der Waals surface area contributed by atoms with E-state index in [2.05, 4.69) is 15.8 Å². The first-order valence-corrected chi connectivity index (χ1v) is 13.3. The van der Waals surface area contributed by atoms with Gasteiger partial charge in [-0.05, 0) is 38.3 Å². The number of nitrogens with zero attached hydrogens (tertiary/aromatic N) is 3. The number of morpholine rings is 1. The summed E-state index contributed by atoms with van der Waals surface area (Å²) in [5.41, 5.74) is -1.20. The zero-order valence-electron chi connectivity index (χ0n) is 20.1. The number of hydrogen-bond acceptors (Lipinski definition) is 9. The number of barbiturate groups is 1. The van der Waals surface area contributed by atoms with Crippen LogP contribution in [0.5, 0.6) is 0 Å². The van der Waals surface area contributed by atoms with Crippen LogP contribution in [0.4, 0.5) is 25.5 Å². The maximum Gasteiger partial charge on any atom is 0.328 e. The third-order valence-corrected chi connectivity index (χ3v) is 9.62. The molecule has 4 fully saturated rings. The molecular weight excluding hydrogens is 505 g/mol. The average molecular weight is 530 g/mol. The number of fused-ring (bicyclic) bond motifs is 6. The van der Waals surface area contributed by atoms with Gasteiger partial charge in [0, 0.05) is 18.2 Å². The lowest BCUT2D eigenvalue weighted by molar-refractivity contribution is -0.153. The van der Waals surface area contributed by atoms with Crippen molar-refractivity contribution < 1.29 is 32.8 Å². The van der Waals surface area contributed by atoms with Crippen molar-refractivity contribution in [2.24, 2.45) is 5.41 Å². The number of benzene rings is 1. The van der Waals surface area contributed by atoms with Gasteiger partial charge in [0.25, 0.3) is 5.24 Å². The topological polar surface area (TPSA) is 134 Å². The molecule has 0 unspecified atom stereocenters. The molecule has 13 heteroatoms. The molecule has 37 heavy (non-hydrogen) atoms. The second kappa shape index (κ2) is 7.67. The van der Waals surface area contributed by atoms with Crippen LogP contribution in [0.1, 0.15) is 38.7 Å². The van der Waals surface area contributed by atoms with Gasteiger partial charge in [0.15, 0.2) is 17.1 Å². The number of thioether (sulfide) groups is 1. The molecule has 2 aromatic rings. The third-order valence-electron chi connectivity index (χ3n) is 8.37. The number of amides is 5. The Morgan fingerprint density at radius 1 is 1.16 bits per heavy atom. The predicted molar refractivity (Wildman–Crippen MR) is 130 cm³/mol. The average Bonchev–Trinajstić information content (AvgIpc) is 3.51. The molecular formula is C24H24FN5O6S. The molecule has 0 bridgehead atoms. The van der Waals surface area contributed by atoms with E-state index < -0.39 is 41.2 Å². The summed E-state index contributed by atoms with van der Waals surface area (Å²) >= 11 is 1.27. The number of ether oxygens (including phenoxy) is 1. The predicted octanol–water partition coefficient (Wildman–Crippen LogP) is 2.45. The Bertz CT molecular complexity index is 1390. The van der Waals surface area contributed by atoms with Gasteiger partial charge in [-0.15, -0.1) is 0 Å². The Morgan fingerprint density at radius 3 is 2.68 bits per heavy atom. The van der Waals surface area contributed by atoms with Gasteiger partial charge in [-0.1, -0.05) is 23.3 Å². The van der Waals surface area contributed by atoms with E-state index in [4.69, 9.17) is 9.26 Å². The molecule has 1 spiro atoms. The first-order valence-electron chi connectivity index (χ1n) is 12.4. The van der Waals surface area contributed by atoms with Crippen molar-refractivity contribution in [2.45, 2.75) is 69.1 Å². The van der Waals surface area contributed by atoms with Crippen molar-refractivity contribution in [1.29, 1.82) is 0 Å². The van der Waals surface area contributed by atoms with E-state index in [9.17, 15) is 19.2 Å². The molecule has 5 aliphatic rings. The number of imide groups is 2. The molecule has 11 nitrogen and oxygen atoms in total. The quantitative estimate of drug-likeness (QED) is 0.534. The molecule has 4 aliphatic heterocycles. The summed E-state index contributed by atoms with van der Waals surface area (Å²) < 4.78 is 27.7. The van der Waals surface area contributed by atoms with Crippen molar-refractivity contribution in [1.82, 2.24) is 15.8 Å². The summed E-state index contributed by atoms with van der Waals surface area (Å²) in [5.74, 6) is -1.92. The number of carbonyl (C=O) groups excluding carboxylic acids is 4. The van der Waals surface area contributed by atoms with Crippen molar-refractivity contribution in [3.63, 3.8) is 0 Å². The molecule has 5 amide bonds. The van der Waals surface area contributed by atoms with E-state index >= 15 is 4.39 Å². The molecule has 1 aromatic carbocycles. The normalized spacial score (nSPS) is 32.5. The Labute approximate surface area is 214 Å². The molecule has 1 aliphatic carbocycles. The molecule has 1 saturated carbocycles. The molecule has 7 rings (SSSR count). The summed E-state index contributed by atoms with van der Waals surface area (Å²) in [6.45, 7) is 3.78. The highest BCUT2D eigenvalue weighted by atomic mass is 32.2. The van der Waals surface area contributed by atoms with Crippen LogP contribution in [0, 0.1) is 11.2 Å². The summed E-state index contributed by atoms with van der Waals surface area (Å²) in [6.07, 6.45) is 1.64. The number of nitrogens with one attached hydrogen (secondary N) is 2.